The topological polar surface area (TPSA) is 115 Å². The number of benzene rings is 3. The molecule has 3 N–H and O–H groups in total. The van der Waals surface area contributed by atoms with Gasteiger partial charge in [-0.3, -0.25) is 10.1 Å². The second-order valence-electron chi connectivity index (χ2n) is 8.72. The number of nitro benzene ring substituents is 1. The Kier molecular flexibility index (Phi) is 6.60. The van der Waals surface area contributed by atoms with Gasteiger partial charge in [-0.1, -0.05) is 40.2 Å². The molecule has 11 heteroatoms. The SMILES string of the molecule is NS(=O)(=O)c1ccc2c(c1)[C@@H]1[C@H](Cl)[C@H](Sc3ccccc3[N+](=O)[O-])C[C@@H]1[C@@H](c1ccc(Br)cc1)N2. The third kappa shape index (κ3) is 4.70. The van der Waals surface area contributed by atoms with Gasteiger partial charge in [0.25, 0.3) is 5.69 Å². The average molecular weight is 595 g/mol. The molecule has 1 heterocycles. The Balaban J connectivity index is 1.57. The number of nitro groups is 1. The molecule has 7 nitrogen and oxygen atoms in total. The van der Waals surface area contributed by atoms with Crippen molar-refractivity contribution in [1.82, 2.24) is 0 Å². The van der Waals surface area contributed by atoms with Gasteiger partial charge in [0, 0.05) is 27.4 Å². The van der Waals surface area contributed by atoms with Crippen LogP contribution in [0.4, 0.5) is 11.4 Å². The number of nitrogens with one attached hydrogen (secondary N) is 1. The van der Waals surface area contributed by atoms with Gasteiger partial charge in [-0.05, 0) is 59.9 Å². The maximum Gasteiger partial charge on any atom is 0.282 e. The highest BCUT2D eigenvalue weighted by Crippen LogP contribution is 2.58. The smallest absolute Gasteiger partial charge is 0.282 e. The van der Waals surface area contributed by atoms with Gasteiger partial charge in [-0.25, -0.2) is 13.6 Å². The largest absolute Gasteiger partial charge is 0.378 e. The number of fused-ring (bicyclic) bond motifs is 3. The molecule has 3 aromatic rings. The van der Waals surface area contributed by atoms with Gasteiger partial charge in [0.15, 0.2) is 0 Å². The number of alkyl halides is 1. The van der Waals surface area contributed by atoms with E-state index in [1.165, 1.54) is 23.9 Å². The molecule has 182 valence electrons. The zero-order valence-electron chi connectivity index (χ0n) is 18.2. The molecule has 0 amide bonds. The predicted molar refractivity (Wildman–Crippen MR) is 142 cm³/mol. The van der Waals surface area contributed by atoms with Crippen molar-refractivity contribution in [3.05, 3.63) is 92.4 Å². The van der Waals surface area contributed by atoms with E-state index in [-0.39, 0.29) is 44.0 Å². The number of sulfonamides is 1. The number of nitrogens with two attached hydrogens (primary N) is 1. The average Bonchev–Trinajstić information content (AvgIpc) is 3.14. The van der Waals surface area contributed by atoms with E-state index in [1.807, 2.05) is 24.3 Å². The molecule has 1 aliphatic heterocycles. The lowest BCUT2D eigenvalue weighted by atomic mass is 9.77. The maximum absolute atomic E-state index is 12.1. The molecule has 0 radical (unpaired) electrons. The van der Waals surface area contributed by atoms with Crippen molar-refractivity contribution in [3.63, 3.8) is 0 Å². The van der Waals surface area contributed by atoms with Crippen molar-refractivity contribution in [2.75, 3.05) is 5.32 Å². The quantitative estimate of drug-likeness (QED) is 0.211. The fourth-order valence-corrected chi connectivity index (χ4v) is 7.90. The van der Waals surface area contributed by atoms with E-state index in [1.54, 1.807) is 30.3 Å². The number of anilines is 1. The van der Waals surface area contributed by atoms with Crippen LogP contribution in [-0.4, -0.2) is 24.0 Å². The Labute approximate surface area is 220 Å². The number of para-hydroxylation sites is 1. The van der Waals surface area contributed by atoms with Crippen LogP contribution in [0.1, 0.15) is 29.5 Å². The fraction of sp³-hybridized carbons (Fsp3) is 0.250. The van der Waals surface area contributed by atoms with Gasteiger partial charge >= 0.3 is 0 Å². The standard InChI is InChI=1S/C24H21BrClN3O4S2/c25-14-7-5-13(6-8-14)24-17-12-21(34-20-4-2-1-3-19(20)29(30)31)23(26)22(17)16-11-15(35(27,32)33)9-10-18(16)28-24/h1-11,17,21-24,28H,12H2,(H2,27,32,33)/t17-,21+,22-,23+,24+/m0/s1. The molecule has 0 saturated heterocycles. The maximum atomic E-state index is 12.1. The van der Waals surface area contributed by atoms with Gasteiger partial charge in [0.05, 0.1) is 26.1 Å². The summed E-state index contributed by atoms with van der Waals surface area (Å²) in [5, 5.41) is 20.1. The Morgan fingerprint density at radius 3 is 2.51 bits per heavy atom. The summed E-state index contributed by atoms with van der Waals surface area (Å²) < 4.78 is 25.1. The van der Waals surface area contributed by atoms with Crippen LogP contribution in [0, 0.1) is 16.0 Å². The van der Waals surface area contributed by atoms with Crippen molar-refractivity contribution in [2.45, 2.75) is 38.8 Å². The lowest BCUT2D eigenvalue weighted by molar-refractivity contribution is -0.387. The van der Waals surface area contributed by atoms with Crippen LogP contribution in [0.5, 0.6) is 0 Å². The summed E-state index contributed by atoms with van der Waals surface area (Å²) in [7, 11) is -3.89. The van der Waals surface area contributed by atoms with Crippen molar-refractivity contribution < 1.29 is 13.3 Å². The van der Waals surface area contributed by atoms with Gasteiger partial charge in [0.1, 0.15) is 0 Å². The summed E-state index contributed by atoms with van der Waals surface area (Å²) >= 11 is 12.0. The van der Waals surface area contributed by atoms with E-state index in [9.17, 15) is 18.5 Å². The zero-order chi connectivity index (χ0) is 24.9. The molecular weight excluding hydrogens is 574 g/mol. The first-order valence-electron chi connectivity index (χ1n) is 10.9. The summed E-state index contributed by atoms with van der Waals surface area (Å²) in [6.45, 7) is 0. The number of thioether (sulfide) groups is 1. The van der Waals surface area contributed by atoms with Crippen molar-refractivity contribution >= 4 is 60.7 Å². The molecule has 0 aromatic heterocycles. The Morgan fingerprint density at radius 1 is 1.11 bits per heavy atom. The number of hydrogen-bond donors (Lipinski definition) is 2. The summed E-state index contributed by atoms with van der Waals surface area (Å²) in [5.74, 6) is -0.120. The second-order valence-corrected chi connectivity index (χ2v) is 13.0. The normalized spacial score (nSPS) is 25.4. The minimum absolute atomic E-state index is 0.0394. The van der Waals surface area contributed by atoms with Crippen LogP contribution in [-0.2, 0) is 10.0 Å². The molecule has 3 aromatic carbocycles. The Hall–Kier alpha value is -2.11. The predicted octanol–water partition coefficient (Wildman–Crippen LogP) is 6.04. The number of nitrogens with zero attached hydrogens (tertiary/aromatic N) is 1. The fourth-order valence-electron chi connectivity index (χ4n) is 5.14. The van der Waals surface area contributed by atoms with Crippen molar-refractivity contribution in [1.29, 1.82) is 0 Å². The monoisotopic (exact) mass is 593 g/mol. The van der Waals surface area contributed by atoms with Crippen molar-refractivity contribution in [3.8, 4) is 0 Å². The van der Waals surface area contributed by atoms with Gasteiger partial charge in [-0.2, -0.15) is 0 Å². The van der Waals surface area contributed by atoms with Crippen LogP contribution in [0.2, 0.25) is 0 Å². The summed E-state index contributed by atoms with van der Waals surface area (Å²) in [5.41, 5.74) is 2.76. The van der Waals surface area contributed by atoms with E-state index >= 15 is 0 Å². The molecule has 0 unspecified atom stereocenters. The van der Waals surface area contributed by atoms with Crippen LogP contribution >= 0.6 is 39.3 Å². The second kappa shape index (κ2) is 9.40. The molecular formula is C24H21BrClN3O4S2. The highest BCUT2D eigenvalue weighted by Gasteiger charge is 2.50. The highest BCUT2D eigenvalue weighted by molar-refractivity contribution is 9.10. The summed E-state index contributed by atoms with van der Waals surface area (Å²) in [6.07, 6.45) is 0.697. The third-order valence-corrected chi connectivity index (χ3v) is 10.2. The summed E-state index contributed by atoms with van der Waals surface area (Å²) in [6, 6.07) is 19.5. The minimum Gasteiger partial charge on any atom is -0.378 e. The van der Waals surface area contributed by atoms with Crippen LogP contribution in [0.3, 0.4) is 0 Å². The van der Waals surface area contributed by atoms with Gasteiger partial charge in [0.2, 0.25) is 10.0 Å². The molecule has 0 bridgehead atoms. The molecule has 35 heavy (non-hydrogen) atoms. The molecule has 0 spiro atoms. The third-order valence-electron chi connectivity index (χ3n) is 6.68. The van der Waals surface area contributed by atoms with Crippen molar-refractivity contribution in [2.24, 2.45) is 11.1 Å². The number of hydrogen-bond acceptors (Lipinski definition) is 6. The highest BCUT2D eigenvalue weighted by atomic mass is 79.9. The first-order valence-corrected chi connectivity index (χ1v) is 14.5. The lowest BCUT2D eigenvalue weighted by Gasteiger charge is -2.38. The Morgan fingerprint density at radius 2 is 1.83 bits per heavy atom. The molecule has 1 aliphatic carbocycles. The molecule has 2 aliphatic rings. The van der Waals surface area contributed by atoms with E-state index in [4.69, 9.17) is 16.7 Å². The van der Waals surface area contributed by atoms with E-state index in [0.717, 1.165) is 21.3 Å². The molecule has 5 atom stereocenters. The Bertz CT molecular complexity index is 1400. The minimum atomic E-state index is -3.89. The lowest BCUT2D eigenvalue weighted by Crippen LogP contribution is -2.31. The number of rotatable bonds is 5. The summed E-state index contributed by atoms with van der Waals surface area (Å²) in [4.78, 5) is 11.8. The van der Waals surface area contributed by atoms with Crippen LogP contribution < -0.4 is 10.5 Å². The number of halogens is 2. The first kappa shape index (κ1) is 24.6. The molecule has 5 rings (SSSR count). The van der Waals surface area contributed by atoms with Crippen LogP contribution in [0.25, 0.3) is 0 Å². The van der Waals surface area contributed by atoms with E-state index < -0.39 is 10.0 Å². The zero-order valence-corrected chi connectivity index (χ0v) is 22.1. The van der Waals surface area contributed by atoms with Gasteiger partial charge < -0.3 is 5.32 Å². The molecule has 1 saturated carbocycles. The van der Waals surface area contributed by atoms with E-state index in [2.05, 4.69) is 21.2 Å². The number of primary sulfonamides is 1. The van der Waals surface area contributed by atoms with Crippen LogP contribution in [0.15, 0.2) is 81.0 Å². The first-order chi connectivity index (χ1) is 16.6. The van der Waals surface area contributed by atoms with Gasteiger partial charge in [-0.15, -0.1) is 23.4 Å². The molecule has 1 fully saturated rings. The van der Waals surface area contributed by atoms with E-state index in [0.29, 0.717) is 11.3 Å².